The van der Waals surface area contributed by atoms with Gasteiger partial charge in [-0.15, -0.1) is 0 Å². The Morgan fingerprint density at radius 1 is 1.30 bits per heavy atom. The zero-order valence-corrected chi connectivity index (χ0v) is 16.5. The van der Waals surface area contributed by atoms with Crippen molar-refractivity contribution in [1.29, 1.82) is 0 Å². The van der Waals surface area contributed by atoms with Gasteiger partial charge in [0.1, 0.15) is 11.5 Å². The van der Waals surface area contributed by atoms with E-state index in [1.165, 1.54) is 4.90 Å². The van der Waals surface area contributed by atoms with Crippen molar-refractivity contribution in [3.8, 4) is 5.75 Å². The molecular formula is C19H25ClN4O3. The van der Waals surface area contributed by atoms with Crippen LogP contribution in [0.2, 0.25) is 5.02 Å². The second-order valence-electron chi connectivity index (χ2n) is 6.03. The van der Waals surface area contributed by atoms with Crippen LogP contribution >= 0.6 is 11.6 Å². The minimum absolute atomic E-state index is 0.0389. The summed E-state index contributed by atoms with van der Waals surface area (Å²) in [4.78, 5) is 17.9. The highest BCUT2D eigenvalue weighted by Gasteiger charge is 2.07. The number of furan rings is 1. The third-order valence-electron chi connectivity index (χ3n) is 3.79. The Bertz CT molecular complexity index is 760. The molecule has 0 aliphatic heterocycles. The van der Waals surface area contributed by atoms with Crippen LogP contribution in [0.15, 0.2) is 46.0 Å². The number of nitrogens with one attached hydrogen (secondary N) is 2. The molecule has 0 saturated heterocycles. The van der Waals surface area contributed by atoms with Crippen LogP contribution in [0, 0.1) is 0 Å². The van der Waals surface area contributed by atoms with Crippen LogP contribution in [0.3, 0.4) is 0 Å². The van der Waals surface area contributed by atoms with Crippen LogP contribution in [0.5, 0.6) is 5.75 Å². The Morgan fingerprint density at radius 3 is 2.74 bits per heavy atom. The molecule has 0 aliphatic carbocycles. The predicted octanol–water partition coefficient (Wildman–Crippen LogP) is 2.31. The van der Waals surface area contributed by atoms with E-state index in [2.05, 4.69) is 15.6 Å². The van der Waals surface area contributed by atoms with Crippen molar-refractivity contribution in [2.75, 3.05) is 34.3 Å². The van der Waals surface area contributed by atoms with Gasteiger partial charge in [0, 0.05) is 27.1 Å². The first kappa shape index (κ1) is 20.6. The van der Waals surface area contributed by atoms with Gasteiger partial charge >= 0.3 is 0 Å². The number of carbonyl (C=O) groups is 1. The highest BCUT2D eigenvalue weighted by molar-refractivity contribution is 6.32. The van der Waals surface area contributed by atoms with E-state index in [1.54, 1.807) is 33.5 Å². The van der Waals surface area contributed by atoms with Gasteiger partial charge in [-0.3, -0.25) is 4.79 Å². The number of hydrogen-bond acceptors (Lipinski definition) is 4. The van der Waals surface area contributed by atoms with E-state index >= 15 is 0 Å². The van der Waals surface area contributed by atoms with E-state index in [9.17, 15) is 4.79 Å². The number of guanidine groups is 1. The topological polar surface area (TPSA) is 79.1 Å². The predicted molar refractivity (Wildman–Crippen MR) is 106 cm³/mol. The van der Waals surface area contributed by atoms with Crippen molar-refractivity contribution in [3.05, 3.63) is 52.9 Å². The van der Waals surface area contributed by atoms with Crippen molar-refractivity contribution in [2.45, 2.75) is 13.0 Å². The maximum absolute atomic E-state index is 11.8. The molecule has 0 unspecified atom stereocenters. The summed E-state index contributed by atoms with van der Waals surface area (Å²) in [6.45, 7) is 1.19. The molecule has 1 aromatic heterocycles. The Labute approximate surface area is 164 Å². The lowest BCUT2D eigenvalue weighted by Crippen LogP contribution is -2.43. The molecule has 0 radical (unpaired) electrons. The first-order chi connectivity index (χ1) is 13.0. The molecule has 146 valence electrons. The number of carbonyl (C=O) groups excluding carboxylic acids is 1. The summed E-state index contributed by atoms with van der Waals surface area (Å²) in [6, 6.07) is 9.29. The lowest BCUT2D eigenvalue weighted by molar-refractivity contribution is -0.127. The average molecular weight is 393 g/mol. The number of rotatable bonds is 8. The third-order valence-corrected chi connectivity index (χ3v) is 4.08. The molecular weight excluding hydrogens is 368 g/mol. The van der Waals surface area contributed by atoms with Crippen LogP contribution in [-0.4, -0.2) is 51.1 Å². The van der Waals surface area contributed by atoms with Crippen LogP contribution in [0.25, 0.3) is 0 Å². The van der Waals surface area contributed by atoms with Gasteiger partial charge in [-0.2, -0.15) is 0 Å². The van der Waals surface area contributed by atoms with Crippen LogP contribution < -0.4 is 15.4 Å². The number of aliphatic imine (C=N–C) groups is 1. The fourth-order valence-electron chi connectivity index (χ4n) is 2.23. The first-order valence-corrected chi connectivity index (χ1v) is 8.94. The Kier molecular flexibility index (Phi) is 8.00. The van der Waals surface area contributed by atoms with E-state index in [-0.39, 0.29) is 12.5 Å². The number of halogens is 1. The zero-order valence-electron chi connectivity index (χ0n) is 15.8. The number of amides is 1. The number of likely N-dealkylation sites (N-methyl/N-ethyl adjacent to an activating group) is 1. The fraction of sp³-hybridized carbons (Fsp3) is 0.368. The third kappa shape index (κ3) is 6.86. The number of hydrogen-bond donors (Lipinski definition) is 2. The van der Waals surface area contributed by atoms with Crippen LogP contribution in [0.4, 0.5) is 0 Å². The second kappa shape index (κ2) is 10.5. The number of methoxy groups -OCH3 is 1. The summed E-state index contributed by atoms with van der Waals surface area (Å²) in [5.74, 6) is 2.01. The summed E-state index contributed by atoms with van der Waals surface area (Å²) in [7, 11) is 5.00. The van der Waals surface area contributed by atoms with Crippen molar-refractivity contribution in [3.63, 3.8) is 0 Å². The van der Waals surface area contributed by atoms with Crippen molar-refractivity contribution in [1.82, 2.24) is 15.5 Å². The van der Waals surface area contributed by atoms with E-state index in [4.69, 9.17) is 20.8 Å². The van der Waals surface area contributed by atoms with Gasteiger partial charge in [-0.25, -0.2) is 4.99 Å². The van der Waals surface area contributed by atoms with Gasteiger partial charge < -0.3 is 24.7 Å². The number of nitrogens with zero attached hydrogens (tertiary/aromatic N) is 2. The number of ether oxygens (including phenoxy) is 1. The highest BCUT2D eigenvalue weighted by Crippen LogP contribution is 2.25. The quantitative estimate of drug-likeness (QED) is 0.532. The lowest BCUT2D eigenvalue weighted by atomic mass is 10.2. The molecule has 1 heterocycles. The minimum atomic E-state index is -0.0389. The van der Waals surface area contributed by atoms with Gasteiger partial charge in [0.25, 0.3) is 0 Å². The first-order valence-electron chi connectivity index (χ1n) is 8.56. The summed E-state index contributed by atoms with van der Waals surface area (Å²) < 4.78 is 10.5. The summed E-state index contributed by atoms with van der Waals surface area (Å²) >= 11 is 6.16. The van der Waals surface area contributed by atoms with Crippen molar-refractivity contribution >= 4 is 23.5 Å². The molecule has 0 fully saturated rings. The van der Waals surface area contributed by atoms with Crippen LogP contribution in [-0.2, 0) is 17.8 Å². The Hall–Kier alpha value is -2.67. The number of benzene rings is 1. The Morgan fingerprint density at radius 2 is 2.11 bits per heavy atom. The van der Waals surface area contributed by atoms with Crippen LogP contribution in [0.1, 0.15) is 11.3 Å². The van der Waals surface area contributed by atoms with Gasteiger partial charge in [-0.1, -0.05) is 17.7 Å². The molecule has 0 saturated carbocycles. The van der Waals surface area contributed by atoms with Gasteiger partial charge in [0.15, 0.2) is 5.96 Å². The molecule has 0 bridgehead atoms. The second-order valence-corrected chi connectivity index (χ2v) is 6.44. The molecule has 1 aromatic carbocycles. The molecule has 7 nitrogen and oxygen atoms in total. The SMILES string of the molecule is COc1ccc(CN=C(NCCc2ccco2)NCC(=O)N(C)C)cc1Cl. The monoisotopic (exact) mass is 392 g/mol. The van der Waals surface area contributed by atoms with Crippen molar-refractivity contribution in [2.24, 2.45) is 4.99 Å². The highest BCUT2D eigenvalue weighted by atomic mass is 35.5. The average Bonchev–Trinajstić information content (AvgIpc) is 3.16. The maximum atomic E-state index is 11.8. The van der Waals surface area contributed by atoms with Crippen molar-refractivity contribution < 1.29 is 13.9 Å². The standard InChI is InChI=1S/C19H25ClN4O3/c1-24(2)18(25)13-23-19(21-9-8-15-5-4-10-27-15)22-12-14-6-7-17(26-3)16(20)11-14/h4-7,10-11H,8-9,12-13H2,1-3H3,(H2,21,22,23). The largest absolute Gasteiger partial charge is 0.495 e. The molecule has 1 amide bonds. The minimum Gasteiger partial charge on any atom is -0.495 e. The molecule has 27 heavy (non-hydrogen) atoms. The maximum Gasteiger partial charge on any atom is 0.241 e. The normalized spacial score (nSPS) is 11.2. The van der Waals surface area contributed by atoms with Gasteiger partial charge in [-0.05, 0) is 29.8 Å². The molecule has 0 spiro atoms. The molecule has 2 rings (SSSR count). The summed E-state index contributed by atoms with van der Waals surface area (Å²) in [6.07, 6.45) is 2.36. The van der Waals surface area contributed by atoms with Gasteiger partial charge in [0.2, 0.25) is 5.91 Å². The molecule has 0 atom stereocenters. The van der Waals surface area contributed by atoms with E-state index in [1.807, 2.05) is 24.3 Å². The molecule has 0 aliphatic rings. The molecule has 8 heteroatoms. The van der Waals surface area contributed by atoms with E-state index < -0.39 is 0 Å². The molecule has 2 aromatic rings. The van der Waals surface area contributed by atoms with Gasteiger partial charge in [0.05, 0.1) is 31.5 Å². The lowest BCUT2D eigenvalue weighted by Gasteiger charge is -2.15. The van der Waals surface area contributed by atoms with E-state index in [0.29, 0.717) is 36.2 Å². The fourth-order valence-corrected chi connectivity index (χ4v) is 2.51. The summed E-state index contributed by atoms with van der Waals surface area (Å²) in [5, 5.41) is 6.79. The summed E-state index contributed by atoms with van der Waals surface area (Å²) in [5.41, 5.74) is 0.937. The zero-order chi connectivity index (χ0) is 19.6. The Balaban J connectivity index is 1.98. The smallest absolute Gasteiger partial charge is 0.241 e. The molecule has 2 N–H and O–H groups in total. The van der Waals surface area contributed by atoms with E-state index in [0.717, 1.165) is 11.3 Å².